The largest absolute Gasteiger partial charge is 0.480 e. The number of likely N-dealkylation sites (tertiary alicyclic amines) is 2. The van der Waals surface area contributed by atoms with Gasteiger partial charge in [-0.15, -0.1) is 0 Å². The van der Waals surface area contributed by atoms with E-state index in [4.69, 9.17) is 10.8 Å². The molecule has 184 valence electrons. The predicted octanol–water partition coefficient (Wildman–Crippen LogP) is -2.86. The highest BCUT2D eigenvalue weighted by Crippen LogP contribution is 2.18. The first-order valence-electron chi connectivity index (χ1n) is 11.0. The van der Waals surface area contributed by atoms with E-state index in [1.807, 2.05) is 0 Å². The Morgan fingerprint density at radius 1 is 0.879 bits per heavy atom. The molecule has 5 amide bonds. The van der Waals surface area contributed by atoms with Crippen LogP contribution in [0.4, 0.5) is 0 Å². The summed E-state index contributed by atoms with van der Waals surface area (Å²) in [6.07, 6.45) is 2.10. The van der Waals surface area contributed by atoms with Crippen molar-refractivity contribution in [2.75, 3.05) is 26.2 Å². The van der Waals surface area contributed by atoms with Gasteiger partial charge in [-0.05, 0) is 39.5 Å². The molecule has 0 aromatic heterocycles. The number of carboxylic acid groups (broad SMARTS) is 1. The van der Waals surface area contributed by atoms with Gasteiger partial charge in [-0.2, -0.15) is 0 Å². The fourth-order valence-corrected chi connectivity index (χ4v) is 3.96. The summed E-state index contributed by atoms with van der Waals surface area (Å²) in [5.41, 5.74) is 5.37. The number of carbonyl (C=O) groups excluding carboxylic acids is 5. The zero-order chi connectivity index (χ0) is 24.7. The van der Waals surface area contributed by atoms with Crippen LogP contribution in [0.2, 0.25) is 0 Å². The number of nitrogens with two attached hydrogens (primary N) is 1. The fourth-order valence-electron chi connectivity index (χ4n) is 3.96. The Labute approximate surface area is 191 Å². The zero-order valence-corrected chi connectivity index (χ0v) is 18.8. The monoisotopic (exact) mass is 468 g/mol. The van der Waals surface area contributed by atoms with E-state index in [-0.39, 0.29) is 19.0 Å². The molecule has 2 fully saturated rings. The lowest BCUT2D eigenvalue weighted by Gasteiger charge is -2.26. The first-order valence-corrected chi connectivity index (χ1v) is 11.0. The first kappa shape index (κ1) is 26.0. The molecule has 6 N–H and O–H groups in total. The van der Waals surface area contributed by atoms with Crippen molar-refractivity contribution >= 4 is 35.5 Å². The second kappa shape index (κ2) is 11.6. The van der Waals surface area contributed by atoms with Crippen LogP contribution in [-0.2, 0) is 28.8 Å². The molecular formula is C20H32N6O7. The van der Waals surface area contributed by atoms with Crippen molar-refractivity contribution in [3.63, 3.8) is 0 Å². The molecule has 13 heteroatoms. The molecule has 0 aromatic rings. The Bertz CT molecular complexity index is 804. The normalized spacial score (nSPS) is 21.8. The molecule has 0 aromatic carbocycles. The number of nitrogens with one attached hydrogen (secondary N) is 3. The second-order valence-electron chi connectivity index (χ2n) is 8.21. The third kappa shape index (κ3) is 6.63. The van der Waals surface area contributed by atoms with Gasteiger partial charge in [0.1, 0.15) is 24.2 Å². The highest BCUT2D eigenvalue weighted by atomic mass is 16.4. The molecule has 2 rings (SSSR count). The molecular weight excluding hydrogens is 436 g/mol. The van der Waals surface area contributed by atoms with E-state index in [2.05, 4.69) is 16.0 Å². The second-order valence-corrected chi connectivity index (χ2v) is 8.21. The molecule has 0 aliphatic carbocycles. The van der Waals surface area contributed by atoms with Crippen LogP contribution in [-0.4, -0.2) is 101 Å². The van der Waals surface area contributed by atoms with Crippen LogP contribution < -0.4 is 21.7 Å². The molecule has 2 aliphatic rings. The lowest BCUT2D eigenvalue weighted by atomic mass is 10.2. The first-order chi connectivity index (χ1) is 15.6. The minimum absolute atomic E-state index is 0.202. The van der Waals surface area contributed by atoms with Crippen LogP contribution in [0.15, 0.2) is 0 Å². The molecule has 0 spiro atoms. The van der Waals surface area contributed by atoms with Crippen molar-refractivity contribution in [2.24, 2.45) is 5.73 Å². The van der Waals surface area contributed by atoms with Gasteiger partial charge >= 0.3 is 5.97 Å². The van der Waals surface area contributed by atoms with Crippen molar-refractivity contribution in [2.45, 2.75) is 63.7 Å². The molecule has 2 saturated heterocycles. The number of carboxylic acids is 1. The average Bonchev–Trinajstić information content (AvgIpc) is 3.46. The Hall–Kier alpha value is -3.22. The van der Waals surface area contributed by atoms with Crippen LogP contribution in [0.3, 0.4) is 0 Å². The van der Waals surface area contributed by atoms with Crippen LogP contribution in [0.5, 0.6) is 0 Å². The van der Waals surface area contributed by atoms with E-state index in [1.54, 1.807) is 0 Å². The van der Waals surface area contributed by atoms with Crippen molar-refractivity contribution in [3.8, 4) is 0 Å². The summed E-state index contributed by atoms with van der Waals surface area (Å²) in [5, 5.41) is 16.3. The van der Waals surface area contributed by atoms with E-state index in [1.165, 1.54) is 23.6 Å². The van der Waals surface area contributed by atoms with Crippen LogP contribution in [0.25, 0.3) is 0 Å². The summed E-state index contributed by atoms with van der Waals surface area (Å²) < 4.78 is 0. The number of hydrogen-bond donors (Lipinski definition) is 5. The summed E-state index contributed by atoms with van der Waals surface area (Å²) >= 11 is 0. The van der Waals surface area contributed by atoms with E-state index in [9.17, 15) is 28.8 Å². The standard InChI is InChI=1S/C20H32N6O7/c1-11(23-18(30)13-5-3-7-25(13)15(27)9-21)17(29)22-10-16(28)26-8-4-6-14(26)19(31)24-12(2)20(32)33/h11-14H,3-10,21H2,1-2H3,(H,22,29)(H,23,30)(H,24,31)(H,32,33). The predicted molar refractivity (Wildman–Crippen MR) is 114 cm³/mol. The maximum Gasteiger partial charge on any atom is 0.325 e. The number of amides is 5. The zero-order valence-electron chi connectivity index (χ0n) is 18.8. The van der Waals surface area contributed by atoms with Crippen molar-refractivity contribution in [3.05, 3.63) is 0 Å². The van der Waals surface area contributed by atoms with E-state index in [0.717, 1.165) is 0 Å². The molecule has 2 aliphatic heterocycles. The van der Waals surface area contributed by atoms with Gasteiger partial charge in [0.15, 0.2) is 0 Å². The molecule has 4 unspecified atom stereocenters. The third-order valence-electron chi connectivity index (χ3n) is 5.82. The number of nitrogens with zero attached hydrogens (tertiary/aromatic N) is 2. The topological polar surface area (TPSA) is 191 Å². The lowest BCUT2D eigenvalue weighted by Crippen LogP contribution is -2.54. The summed E-state index contributed by atoms with van der Waals surface area (Å²) in [4.78, 5) is 75.3. The summed E-state index contributed by atoms with van der Waals surface area (Å²) in [5.74, 6) is -3.62. The van der Waals surface area contributed by atoms with Gasteiger partial charge in [-0.1, -0.05) is 0 Å². The molecule has 0 radical (unpaired) electrons. The van der Waals surface area contributed by atoms with E-state index >= 15 is 0 Å². The maximum atomic E-state index is 12.6. The van der Waals surface area contributed by atoms with Crippen molar-refractivity contribution < 1.29 is 33.9 Å². The van der Waals surface area contributed by atoms with Crippen molar-refractivity contribution in [1.82, 2.24) is 25.8 Å². The quantitative estimate of drug-likeness (QED) is 0.238. The number of rotatable bonds is 9. The molecule has 0 bridgehead atoms. The number of hydrogen-bond acceptors (Lipinski definition) is 7. The Morgan fingerprint density at radius 3 is 1.85 bits per heavy atom. The Kier molecular flexibility index (Phi) is 9.14. The van der Waals surface area contributed by atoms with Crippen LogP contribution in [0.1, 0.15) is 39.5 Å². The van der Waals surface area contributed by atoms with Gasteiger partial charge in [0.25, 0.3) is 0 Å². The smallest absolute Gasteiger partial charge is 0.325 e. The molecule has 2 heterocycles. The average molecular weight is 469 g/mol. The highest BCUT2D eigenvalue weighted by Gasteiger charge is 2.36. The van der Waals surface area contributed by atoms with Crippen LogP contribution >= 0.6 is 0 Å². The van der Waals surface area contributed by atoms with Gasteiger partial charge in [0.05, 0.1) is 13.1 Å². The molecule has 4 atom stereocenters. The lowest BCUT2D eigenvalue weighted by molar-refractivity contribution is -0.143. The molecule has 33 heavy (non-hydrogen) atoms. The van der Waals surface area contributed by atoms with Crippen LogP contribution in [0, 0.1) is 0 Å². The van der Waals surface area contributed by atoms with Gasteiger partial charge in [-0.3, -0.25) is 28.8 Å². The van der Waals surface area contributed by atoms with Gasteiger partial charge < -0.3 is 36.6 Å². The van der Waals surface area contributed by atoms with E-state index < -0.39 is 53.8 Å². The highest BCUT2D eigenvalue weighted by molar-refractivity contribution is 5.95. The minimum atomic E-state index is -1.18. The number of aliphatic carboxylic acids is 1. The molecule has 13 nitrogen and oxygen atoms in total. The minimum Gasteiger partial charge on any atom is -0.480 e. The van der Waals surface area contributed by atoms with Gasteiger partial charge in [-0.25, -0.2) is 0 Å². The Morgan fingerprint density at radius 2 is 1.36 bits per heavy atom. The summed E-state index contributed by atoms with van der Waals surface area (Å²) in [6.45, 7) is 2.95. The number of carbonyl (C=O) groups is 6. The fraction of sp³-hybridized carbons (Fsp3) is 0.700. The van der Waals surface area contributed by atoms with Gasteiger partial charge in [0.2, 0.25) is 29.5 Å². The third-order valence-corrected chi connectivity index (χ3v) is 5.82. The van der Waals surface area contributed by atoms with E-state index in [0.29, 0.717) is 38.8 Å². The molecule has 0 saturated carbocycles. The summed E-state index contributed by atoms with van der Waals surface area (Å²) in [6, 6.07) is -3.53. The summed E-state index contributed by atoms with van der Waals surface area (Å²) in [7, 11) is 0. The Balaban J connectivity index is 1.84. The SMILES string of the molecule is CC(NC(=O)C1CCCN1C(=O)CNC(=O)C(C)NC(=O)C1CCCN1C(=O)CN)C(=O)O. The van der Waals surface area contributed by atoms with Gasteiger partial charge in [0, 0.05) is 13.1 Å². The maximum absolute atomic E-state index is 12.6. The van der Waals surface area contributed by atoms with Crippen molar-refractivity contribution in [1.29, 1.82) is 0 Å².